The first-order valence-electron chi connectivity index (χ1n) is 11.2. The molecule has 2 aromatic carbocycles. The van der Waals surface area contributed by atoms with Crippen LogP contribution >= 0.6 is 0 Å². The molecule has 0 atom stereocenters. The van der Waals surface area contributed by atoms with Gasteiger partial charge in [0.25, 0.3) is 5.91 Å². The van der Waals surface area contributed by atoms with Crippen LogP contribution in [-0.4, -0.2) is 55.6 Å². The summed E-state index contributed by atoms with van der Waals surface area (Å²) < 4.78 is 40.9. The standard InChI is InChI=1S/C24H28FN3O4S/c1-17-7-6-9-20(22(17)24(30)27-13-4-5-14-27)26-23(29)18-11-15-28(16-12-18)33(31,32)21-10-3-2-8-19(21)25/h2-3,6-10,18H,4-5,11-16H2,1H3,(H,26,29). The molecule has 176 valence electrons. The van der Waals surface area contributed by atoms with Gasteiger partial charge in [-0.3, -0.25) is 9.59 Å². The van der Waals surface area contributed by atoms with Crippen LogP contribution in [0.5, 0.6) is 0 Å². The number of sulfonamides is 1. The van der Waals surface area contributed by atoms with Crippen molar-refractivity contribution < 1.29 is 22.4 Å². The Hall–Kier alpha value is -2.78. The third kappa shape index (κ3) is 4.79. The maximum absolute atomic E-state index is 14.0. The van der Waals surface area contributed by atoms with Crippen molar-refractivity contribution in [2.45, 2.75) is 37.5 Å². The van der Waals surface area contributed by atoms with E-state index in [9.17, 15) is 22.4 Å². The predicted molar refractivity (Wildman–Crippen MR) is 123 cm³/mol. The Morgan fingerprint density at radius 3 is 2.30 bits per heavy atom. The molecule has 1 N–H and O–H groups in total. The number of carbonyl (C=O) groups is 2. The molecule has 0 spiro atoms. The van der Waals surface area contributed by atoms with Gasteiger partial charge in [-0.05, 0) is 56.4 Å². The lowest BCUT2D eigenvalue weighted by atomic mass is 9.96. The highest BCUT2D eigenvalue weighted by Crippen LogP contribution is 2.28. The molecule has 2 aliphatic rings. The Balaban J connectivity index is 1.44. The van der Waals surface area contributed by atoms with Crippen molar-refractivity contribution in [3.8, 4) is 0 Å². The number of benzene rings is 2. The van der Waals surface area contributed by atoms with Gasteiger partial charge in [-0.2, -0.15) is 4.31 Å². The molecule has 2 aliphatic heterocycles. The number of likely N-dealkylation sites (tertiary alicyclic amines) is 1. The molecule has 2 amide bonds. The zero-order chi connectivity index (χ0) is 23.6. The predicted octanol–water partition coefficient (Wildman–Crippen LogP) is 3.41. The van der Waals surface area contributed by atoms with Crippen molar-refractivity contribution >= 4 is 27.5 Å². The minimum Gasteiger partial charge on any atom is -0.339 e. The lowest BCUT2D eigenvalue weighted by Gasteiger charge is -2.31. The maximum Gasteiger partial charge on any atom is 0.256 e. The third-order valence-electron chi connectivity index (χ3n) is 6.42. The van der Waals surface area contributed by atoms with Gasteiger partial charge in [0.2, 0.25) is 15.9 Å². The highest BCUT2D eigenvalue weighted by molar-refractivity contribution is 7.89. The van der Waals surface area contributed by atoms with Gasteiger partial charge in [0, 0.05) is 32.1 Å². The zero-order valence-electron chi connectivity index (χ0n) is 18.6. The minimum absolute atomic E-state index is 0.0771. The Bertz CT molecular complexity index is 1150. The van der Waals surface area contributed by atoms with Gasteiger partial charge in [0.1, 0.15) is 10.7 Å². The minimum atomic E-state index is -3.96. The van der Waals surface area contributed by atoms with E-state index in [1.165, 1.54) is 22.5 Å². The van der Waals surface area contributed by atoms with Crippen LogP contribution in [0, 0.1) is 18.7 Å². The molecule has 0 aromatic heterocycles. The summed E-state index contributed by atoms with van der Waals surface area (Å²) >= 11 is 0. The fourth-order valence-corrected chi connectivity index (χ4v) is 6.06. The van der Waals surface area contributed by atoms with E-state index >= 15 is 0 Å². The molecule has 4 rings (SSSR count). The number of hydrogen-bond donors (Lipinski definition) is 1. The van der Waals surface area contributed by atoms with Gasteiger partial charge in [0.05, 0.1) is 11.3 Å². The second-order valence-electron chi connectivity index (χ2n) is 8.59. The van der Waals surface area contributed by atoms with Crippen LogP contribution in [0.4, 0.5) is 10.1 Å². The van der Waals surface area contributed by atoms with Crippen LogP contribution in [0.15, 0.2) is 47.4 Å². The largest absolute Gasteiger partial charge is 0.339 e. The summed E-state index contributed by atoms with van der Waals surface area (Å²) in [5.41, 5.74) is 1.79. The van der Waals surface area contributed by atoms with E-state index in [0.29, 0.717) is 24.1 Å². The molecule has 2 heterocycles. The van der Waals surface area contributed by atoms with Crippen LogP contribution in [0.3, 0.4) is 0 Å². The van der Waals surface area contributed by atoms with E-state index in [1.54, 1.807) is 12.1 Å². The molecule has 0 bridgehead atoms. The molecular formula is C24H28FN3O4S. The highest BCUT2D eigenvalue weighted by Gasteiger charge is 2.34. The topological polar surface area (TPSA) is 86.8 Å². The van der Waals surface area contributed by atoms with E-state index in [2.05, 4.69) is 5.32 Å². The number of nitrogens with one attached hydrogen (secondary N) is 1. The van der Waals surface area contributed by atoms with Crippen LogP contribution in [-0.2, 0) is 14.8 Å². The van der Waals surface area contributed by atoms with Gasteiger partial charge < -0.3 is 10.2 Å². The molecule has 2 aromatic rings. The fraction of sp³-hybridized carbons (Fsp3) is 0.417. The van der Waals surface area contributed by atoms with Crippen molar-refractivity contribution in [2.75, 3.05) is 31.5 Å². The summed E-state index contributed by atoms with van der Waals surface area (Å²) in [5, 5.41) is 2.91. The Kier molecular flexibility index (Phi) is 6.81. The van der Waals surface area contributed by atoms with E-state index < -0.39 is 21.8 Å². The summed E-state index contributed by atoms with van der Waals surface area (Å²) in [6, 6.07) is 10.7. The number of piperidine rings is 1. The normalized spacial score (nSPS) is 17.8. The number of nitrogens with zero attached hydrogens (tertiary/aromatic N) is 2. The number of rotatable bonds is 5. The Morgan fingerprint density at radius 2 is 1.64 bits per heavy atom. The third-order valence-corrected chi connectivity index (χ3v) is 8.35. The lowest BCUT2D eigenvalue weighted by Crippen LogP contribution is -2.41. The lowest BCUT2D eigenvalue weighted by molar-refractivity contribution is -0.120. The quantitative estimate of drug-likeness (QED) is 0.721. The maximum atomic E-state index is 14.0. The SMILES string of the molecule is Cc1cccc(NC(=O)C2CCN(S(=O)(=O)c3ccccc3F)CC2)c1C(=O)N1CCCC1. The highest BCUT2D eigenvalue weighted by atomic mass is 32.2. The number of amides is 2. The average Bonchev–Trinajstić information content (AvgIpc) is 3.34. The molecule has 2 saturated heterocycles. The number of anilines is 1. The van der Waals surface area contributed by atoms with Crippen molar-refractivity contribution in [1.82, 2.24) is 9.21 Å². The first-order valence-corrected chi connectivity index (χ1v) is 12.7. The smallest absolute Gasteiger partial charge is 0.256 e. The van der Waals surface area contributed by atoms with Gasteiger partial charge in [0.15, 0.2) is 0 Å². The number of aryl methyl sites for hydroxylation is 1. The van der Waals surface area contributed by atoms with Crippen LogP contribution in [0.2, 0.25) is 0 Å². The summed E-state index contributed by atoms with van der Waals surface area (Å²) in [7, 11) is -3.96. The zero-order valence-corrected chi connectivity index (χ0v) is 19.4. The molecule has 2 fully saturated rings. The summed E-state index contributed by atoms with van der Waals surface area (Å²) in [4.78, 5) is 27.5. The molecule has 0 saturated carbocycles. The molecule has 7 nitrogen and oxygen atoms in total. The number of hydrogen-bond acceptors (Lipinski definition) is 4. The number of halogens is 1. The number of carbonyl (C=O) groups excluding carboxylic acids is 2. The van der Waals surface area contributed by atoms with Crippen LogP contribution < -0.4 is 5.32 Å². The Labute approximate surface area is 193 Å². The average molecular weight is 474 g/mol. The van der Waals surface area contributed by atoms with Crippen molar-refractivity contribution in [1.29, 1.82) is 0 Å². The molecule has 33 heavy (non-hydrogen) atoms. The first-order chi connectivity index (χ1) is 15.8. The fourth-order valence-electron chi connectivity index (χ4n) is 4.52. The monoisotopic (exact) mass is 473 g/mol. The van der Waals surface area contributed by atoms with E-state index in [-0.39, 0.29) is 29.8 Å². The van der Waals surface area contributed by atoms with Gasteiger partial charge in [-0.25, -0.2) is 12.8 Å². The van der Waals surface area contributed by atoms with Crippen molar-refractivity contribution in [3.63, 3.8) is 0 Å². The van der Waals surface area contributed by atoms with Gasteiger partial charge in [-0.1, -0.05) is 24.3 Å². The van der Waals surface area contributed by atoms with Crippen LogP contribution in [0.1, 0.15) is 41.6 Å². The molecule has 9 heteroatoms. The van der Waals surface area contributed by atoms with E-state index in [4.69, 9.17) is 0 Å². The second-order valence-corrected chi connectivity index (χ2v) is 10.5. The molecule has 0 radical (unpaired) electrons. The van der Waals surface area contributed by atoms with Crippen LogP contribution in [0.25, 0.3) is 0 Å². The van der Waals surface area contributed by atoms with Crippen molar-refractivity contribution in [3.05, 3.63) is 59.4 Å². The Morgan fingerprint density at radius 1 is 0.970 bits per heavy atom. The van der Waals surface area contributed by atoms with E-state index in [0.717, 1.165) is 37.6 Å². The van der Waals surface area contributed by atoms with Gasteiger partial charge >= 0.3 is 0 Å². The van der Waals surface area contributed by atoms with E-state index in [1.807, 2.05) is 17.9 Å². The molecule has 0 unspecified atom stereocenters. The molecule has 0 aliphatic carbocycles. The second kappa shape index (κ2) is 9.61. The summed E-state index contributed by atoms with van der Waals surface area (Å²) in [5.74, 6) is -1.50. The molecular weight excluding hydrogens is 445 g/mol. The summed E-state index contributed by atoms with van der Waals surface area (Å²) in [6.07, 6.45) is 2.60. The van der Waals surface area contributed by atoms with Gasteiger partial charge in [-0.15, -0.1) is 0 Å². The summed E-state index contributed by atoms with van der Waals surface area (Å²) in [6.45, 7) is 3.54. The van der Waals surface area contributed by atoms with Crippen molar-refractivity contribution in [2.24, 2.45) is 5.92 Å². The first kappa shape index (κ1) is 23.4.